The standard InChI is InChI=1S/C49H112N4O20Si4/c1-62-76(7,63-2)27-11-15-52-31-47(60)35-68-19-23-72-39-49(37-70-21-17-66-33-45(58)29-50-13-9-25-74(5,41-54)42-55,38-71-22-18-67-34-46(59)30-51-14-10-26-75(6,43-56)44-57)40-73-24-20-69-36-48(61)32-53-16-12-28-77(8,64-3)65-4/h45-48,50-61H,9-44H2,1-8H3. The molecule has 0 aromatic rings. The lowest BCUT2D eigenvalue weighted by Gasteiger charge is -2.33. The first-order valence-corrected chi connectivity index (χ1v) is 39.0. The fourth-order valence-electron chi connectivity index (χ4n) is 7.40. The molecule has 0 saturated carbocycles. The minimum absolute atomic E-state index is 0.0422. The van der Waals surface area contributed by atoms with Crippen LogP contribution >= 0.6 is 0 Å². The highest BCUT2D eigenvalue weighted by Gasteiger charge is 2.33. The molecule has 0 aliphatic rings. The summed E-state index contributed by atoms with van der Waals surface area (Å²) in [6.45, 7) is 14.9. The molecular formula is C49H112N4O20Si4. The smallest absolute Gasteiger partial charge is 0.334 e. The first-order valence-electron chi connectivity index (χ1n) is 27.7. The molecule has 28 heteroatoms. The lowest BCUT2D eigenvalue weighted by Crippen LogP contribution is -2.43. The van der Waals surface area contributed by atoms with Crippen LogP contribution in [0.1, 0.15) is 25.7 Å². The predicted molar refractivity (Wildman–Crippen MR) is 305 cm³/mol. The van der Waals surface area contributed by atoms with Crippen molar-refractivity contribution in [2.45, 2.75) is 100 Å². The quantitative estimate of drug-likeness (QED) is 0.0243. The molecule has 0 saturated heterocycles. The van der Waals surface area contributed by atoms with Gasteiger partial charge in [0.1, 0.15) is 16.1 Å². The largest absolute Gasteiger partial charge is 0.400 e. The average molecular weight is 1190 g/mol. The highest BCUT2D eigenvalue weighted by atomic mass is 28.4. The van der Waals surface area contributed by atoms with E-state index in [1.807, 2.05) is 26.2 Å². The van der Waals surface area contributed by atoms with Crippen molar-refractivity contribution in [2.24, 2.45) is 5.41 Å². The van der Waals surface area contributed by atoms with E-state index in [0.717, 1.165) is 49.9 Å². The van der Waals surface area contributed by atoms with Gasteiger partial charge >= 0.3 is 17.1 Å². The lowest BCUT2D eigenvalue weighted by atomic mass is 9.92. The molecule has 0 fully saturated rings. The number of hydrogen-bond donors (Lipinski definition) is 12. The van der Waals surface area contributed by atoms with Crippen LogP contribution < -0.4 is 21.3 Å². The van der Waals surface area contributed by atoms with E-state index in [1.165, 1.54) is 0 Å². The highest BCUT2D eigenvalue weighted by Crippen LogP contribution is 2.21. The zero-order valence-electron chi connectivity index (χ0n) is 48.7. The second-order valence-electron chi connectivity index (χ2n) is 21.2. The molecule has 0 bridgehead atoms. The van der Waals surface area contributed by atoms with Crippen molar-refractivity contribution >= 4 is 33.3 Å². The zero-order chi connectivity index (χ0) is 57.6. The molecule has 0 aliphatic heterocycles. The van der Waals surface area contributed by atoms with Crippen molar-refractivity contribution in [2.75, 3.05) is 211 Å². The van der Waals surface area contributed by atoms with Gasteiger partial charge in [-0.1, -0.05) is 25.2 Å². The Hall–Kier alpha value is -0.0925. The van der Waals surface area contributed by atoms with Crippen LogP contribution in [0, 0.1) is 5.41 Å². The SMILES string of the molecule is CO[Si](C)(CCCNCC(O)COCCOCC(COCCOCC(O)CNCCC[Si](C)(CO)CO)(COCCOCC(O)CNCCC[Si](C)(CO)CO)COCCOCC(O)CNCCC[Si](C)(OC)OC)OC. The van der Waals surface area contributed by atoms with Crippen LogP contribution in [0.4, 0.5) is 0 Å². The van der Waals surface area contributed by atoms with E-state index in [4.69, 9.17) is 55.6 Å². The van der Waals surface area contributed by atoms with Crippen LogP contribution in [0.25, 0.3) is 0 Å². The third kappa shape index (κ3) is 41.5. The van der Waals surface area contributed by atoms with Gasteiger partial charge in [0.2, 0.25) is 0 Å². The molecule has 24 nitrogen and oxygen atoms in total. The maximum absolute atomic E-state index is 10.5. The number of hydrogen-bond acceptors (Lipinski definition) is 24. The Bertz CT molecular complexity index is 1120. The first kappa shape index (κ1) is 76.9. The third-order valence-electron chi connectivity index (χ3n) is 13.4. The number of ether oxygens (including phenoxy) is 8. The summed E-state index contributed by atoms with van der Waals surface area (Å²) in [5, 5.41) is 93.3. The molecule has 0 aromatic carbocycles. The van der Waals surface area contributed by atoms with E-state index in [9.17, 15) is 40.9 Å². The number of aliphatic hydroxyl groups is 8. The second kappa shape index (κ2) is 48.3. The van der Waals surface area contributed by atoms with Gasteiger partial charge in [-0.25, -0.2) is 0 Å². The van der Waals surface area contributed by atoms with Crippen LogP contribution in [0.5, 0.6) is 0 Å². The van der Waals surface area contributed by atoms with E-state index in [2.05, 4.69) is 21.3 Å². The van der Waals surface area contributed by atoms with Crippen molar-refractivity contribution in [3.63, 3.8) is 0 Å². The van der Waals surface area contributed by atoms with Gasteiger partial charge < -0.3 is 118 Å². The van der Waals surface area contributed by atoms with Crippen LogP contribution in [-0.2, 0) is 55.6 Å². The van der Waals surface area contributed by atoms with E-state index in [0.29, 0.717) is 52.4 Å². The van der Waals surface area contributed by atoms with Crippen molar-refractivity contribution in [3.05, 3.63) is 0 Å². The Morgan fingerprint density at radius 1 is 0.351 bits per heavy atom. The second-order valence-corrected chi connectivity index (χ2v) is 37.9. The number of nitrogens with one attached hydrogen (secondary N) is 4. The van der Waals surface area contributed by atoms with Gasteiger partial charge in [-0.2, -0.15) is 0 Å². The van der Waals surface area contributed by atoms with Gasteiger partial charge in [0.25, 0.3) is 0 Å². The normalized spacial score (nSPS) is 15.3. The van der Waals surface area contributed by atoms with Crippen LogP contribution in [-0.4, -0.2) is 310 Å². The minimum Gasteiger partial charge on any atom is -0.400 e. The topological polar surface area (TPSA) is 321 Å². The molecule has 0 spiro atoms. The summed E-state index contributed by atoms with van der Waals surface area (Å²) < 4.78 is 69.9. The molecule has 12 N–H and O–H groups in total. The summed E-state index contributed by atoms with van der Waals surface area (Å²) in [6, 6.07) is 3.23. The predicted octanol–water partition coefficient (Wildman–Crippen LogP) is -1.52. The van der Waals surface area contributed by atoms with E-state index < -0.39 is 63.1 Å². The maximum Gasteiger partial charge on any atom is 0.334 e. The van der Waals surface area contributed by atoms with E-state index >= 15 is 0 Å². The maximum atomic E-state index is 10.5. The third-order valence-corrected chi connectivity index (χ3v) is 25.5. The van der Waals surface area contributed by atoms with E-state index in [-0.39, 0.29) is 131 Å². The van der Waals surface area contributed by atoms with Gasteiger partial charge in [-0.05, 0) is 77.0 Å². The van der Waals surface area contributed by atoms with Crippen molar-refractivity contribution in [1.82, 2.24) is 21.3 Å². The van der Waals surface area contributed by atoms with Crippen molar-refractivity contribution < 1.29 is 96.5 Å². The first-order chi connectivity index (χ1) is 36.9. The molecule has 0 aromatic heterocycles. The molecule has 0 radical (unpaired) electrons. The summed E-state index contributed by atoms with van der Waals surface area (Å²) in [6.07, 6.45) is 0.574. The molecule has 0 amide bonds. The fraction of sp³-hybridized carbons (Fsp3) is 1.00. The fourth-order valence-corrected chi connectivity index (χ4v) is 13.1. The number of rotatable bonds is 60. The molecule has 4 unspecified atom stereocenters. The zero-order valence-corrected chi connectivity index (χ0v) is 52.7. The lowest BCUT2D eigenvalue weighted by molar-refractivity contribution is -0.124. The molecule has 0 aliphatic carbocycles. The Labute approximate surface area is 466 Å². The van der Waals surface area contributed by atoms with Crippen molar-refractivity contribution in [1.29, 1.82) is 0 Å². The van der Waals surface area contributed by atoms with Gasteiger partial charge in [0, 0.05) is 79.5 Å². The highest BCUT2D eigenvalue weighted by molar-refractivity contribution is 6.78. The summed E-state index contributed by atoms with van der Waals surface area (Å²) in [7, 11) is -1.65. The summed E-state index contributed by atoms with van der Waals surface area (Å²) >= 11 is 0. The Morgan fingerprint density at radius 2 is 0.571 bits per heavy atom. The van der Waals surface area contributed by atoms with Crippen molar-refractivity contribution in [3.8, 4) is 0 Å². The summed E-state index contributed by atoms with van der Waals surface area (Å²) in [5.41, 5.74) is -0.829. The number of aliphatic hydroxyl groups excluding tert-OH is 8. The Balaban J connectivity index is 5.51. The Morgan fingerprint density at radius 3 is 0.792 bits per heavy atom. The monoisotopic (exact) mass is 1190 g/mol. The molecule has 77 heavy (non-hydrogen) atoms. The molecule has 4 atom stereocenters. The summed E-state index contributed by atoms with van der Waals surface area (Å²) in [5.74, 6) is 0. The van der Waals surface area contributed by atoms with Gasteiger partial charge in [0.15, 0.2) is 0 Å². The van der Waals surface area contributed by atoms with Crippen LogP contribution in [0.2, 0.25) is 50.4 Å². The van der Waals surface area contributed by atoms with Crippen LogP contribution in [0.15, 0.2) is 0 Å². The average Bonchev–Trinajstić information content (AvgIpc) is 3.43. The van der Waals surface area contributed by atoms with Crippen LogP contribution in [0.3, 0.4) is 0 Å². The summed E-state index contributed by atoms with van der Waals surface area (Å²) in [4.78, 5) is 0. The van der Waals surface area contributed by atoms with Gasteiger partial charge in [-0.15, -0.1) is 0 Å². The van der Waals surface area contributed by atoms with E-state index in [1.54, 1.807) is 28.4 Å². The molecular weight excluding hydrogens is 1080 g/mol. The minimum atomic E-state index is -2.14. The Kier molecular flexibility index (Phi) is 48.2. The molecule has 0 heterocycles. The van der Waals surface area contributed by atoms with Gasteiger partial charge in [-0.3, -0.25) is 0 Å². The molecule has 464 valence electrons. The van der Waals surface area contributed by atoms with Gasteiger partial charge in [0.05, 0.1) is 136 Å². The molecule has 0 rings (SSSR count).